The number of aromatic nitrogens is 2. The Kier molecular flexibility index (Phi) is 5.28. The molecule has 3 heterocycles. The lowest BCUT2D eigenvalue weighted by molar-refractivity contribution is -0.384. The monoisotopic (exact) mass is 433 g/mol. The van der Waals surface area contributed by atoms with Crippen molar-refractivity contribution < 1.29 is 4.92 Å². The third kappa shape index (κ3) is 3.85. The molecule has 29 heavy (non-hydrogen) atoms. The molecule has 0 radical (unpaired) electrons. The molecule has 0 bridgehead atoms. The van der Waals surface area contributed by atoms with Crippen LogP contribution in [0.3, 0.4) is 0 Å². The fraction of sp³-hybridized carbons (Fsp3) is 0.368. The van der Waals surface area contributed by atoms with Crippen LogP contribution in [0.2, 0.25) is 5.02 Å². The molecule has 0 aliphatic carbocycles. The Hall–Kier alpha value is -2.49. The van der Waals surface area contributed by atoms with Crippen molar-refractivity contribution >= 4 is 44.5 Å². The average Bonchev–Trinajstić information content (AvgIpc) is 2.96. The highest BCUT2D eigenvalue weighted by Crippen LogP contribution is 2.30. The fourth-order valence-electron chi connectivity index (χ4n) is 3.60. The Morgan fingerprint density at radius 3 is 2.66 bits per heavy atom. The van der Waals surface area contributed by atoms with Crippen LogP contribution in [0.15, 0.2) is 23.0 Å². The van der Waals surface area contributed by atoms with Gasteiger partial charge in [0.2, 0.25) is 0 Å². The van der Waals surface area contributed by atoms with E-state index in [0.717, 1.165) is 47.1 Å². The summed E-state index contributed by atoms with van der Waals surface area (Å²) in [5.41, 5.74) is 1.71. The number of nitro benzene ring substituents is 1. The number of fused-ring (bicyclic) bond motifs is 1. The molecule has 0 atom stereocenters. The smallest absolute Gasteiger partial charge is 0.271 e. The molecule has 1 aliphatic heterocycles. The minimum Gasteiger partial charge on any atom is -0.368 e. The normalized spacial score (nSPS) is 15.2. The zero-order valence-electron chi connectivity index (χ0n) is 16.1. The number of aryl methyl sites for hydroxylation is 2. The molecule has 3 aromatic rings. The lowest BCUT2D eigenvalue weighted by atomic mass is 10.2. The highest BCUT2D eigenvalue weighted by molar-refractivity contribution is 7.18. The van der Waals surface area contributed by atoms with Crippen molar-refractivity contribution in [1.82, 2.24) is 14.9 Å². The van der Waals surface area contributed by atoms with E-state index in [0.29, 0.717) is 22.8 Å². The van der Waals surface area contributed by atoms with E-state index in [2.05, 4.69) is 19.8 Å². The Labute approximate surface area is 175 Å². The van der Waals surface area contributed by atoms with Crippen LogP contribution in [0.5, 0.6) is 0 Å². The summed E-state index contributed by atoms with van der Waals surface area (Å²) in [6.07, 6.45) is 0. The summed E-state index contributed by atoms with van der Waals surface area (Å²) >= 11 is 7.80. The zero-order chi connectivity index (χ0) is 20.7. The summed E-state index contributed by atoms with van der Waals surface area (Å²) < 4.78 is 0. The molecule has 8 nitrogen and oxygen atoms in total. The maximum Gasteiger partial charge on any atom is 0.271 e. The van der Waals surface area contributed by atoms with Crippen molar-refractivity contribution in [2.45, 2.75) is 20.4 Å². The van der Waals surface area contributed by atoms with Crippen LogP contribution in [-0.2, 0) is 6.54 Å². The van der Waals surface area contributed by atoms with Gasteiger partial charge in [-0.05, 0) is 25.5 Å². The summed E-state index contributed by atoms with van der Waals surface area (Å²) in [7, 11) is 0. The number of H-pyrrole nitrogens is 1. The number of non-ortho nitro benzene ring substituents is 1. The van der Waals surface area contributed by atoms with Crippen LogP contribution < -0.4 is 10.5 Å². The molecule has 4 rings (SSSR count). The molecule has 0 spiro atoms. The van der Waals surface area contributed by atoms with Gasteiger partial charge in [-0.15, -0.1) is 11.3 Å². The maximum absolute atomic E-state index is 12.4. The van der Waals surface area contributed by atoms with Gasteiger partial charge in [-0.1, -0.05) is 11.6 Å². The standard InChI is InChI=1S/C19H20ClN5O3S/c1-11-12(2)29-19-17(11)18(26)21-16(22-19)10-23-5-7-24(8-6-23)15-4-3-13(25(27)28)9-14(15)20/h3-4,9H,5-8,10H2,1-2H3,(H,21,22,26). The van der Waals surface area contributed by atoms with Crippen LogP contribution >= 0.6 is 22.9 Å². The molecular formula is C19H20ClN5O3S. The number of hydrogen-bond donors (Lipinski definition) is 1. The number of nitro groups is 1. The molecule has 1 aromatic carbocycles. The van der Waals surface area contributed by atoms with Crippen molar-refractivity contribution in [3.63, 3.8) is 0 Å². The van der Waals surface area contributed by atoms with E-state index in [4.69, 9.17) is 11.6 Å². The number of aromatic amines is 1. The number of rotatable bonds is 4. The van der Waals surface area contributed by atoms with Crippen molar-refractivity contribution in [3.8, 4) is 0 Å². The number of hydrogen-bond acceptors (Lipinski definition) is 7. The van der Waals surface area contributed by atoms with Crippen molar-refractivity contribution in [3.05, 3.63) is 60.0 Å². The number of benzene rings is 1. The predicted molar refractivity (Wildman–Crippen MR) is 115 cm³/mol. The number of thiophene rings is 1. The Morgan fingerprint density at radius 1 is 1.28 bits per heavy atom. The van der Waals surface area contributed by atoms with E-state index in [1.165, 1.54) is 12.1 Å². The first-order valence-corrected chi connectivity index (χ1v) is 10.4. The van der Waals surface area contributed by atoms with Gasteiger partial charge in [0.05, 0.1) is 27.6 Å². The van der Waals surface area contributed by atoms with Gasteiger partial charge in [0, 0.05) is 43.2 Å². The molecule has 1 N–H and O–H groups in total. The van der Waals surface area contributed by atoms with Crippen molar-refractivity contribution in [2.75, 3.05) is 31.1 Å². The summed E-state index contributed by atoms with van der Waals surface area (Å²) in [4.78, 5) is 36.7. The van der Waals surface area contributed by atoms with Gasteiger partial charge in [0.25, 0.3) is 11.2 Å². The fourth-order valence-corrected chi connectivity index (χ4v) is 4.94. The lowest BCUT2D eigenvalue weighted by Crippen LogP contribution is -2.46. The second kappa shape index (κ2) is 7.74. The third-order valence-corrected chi connectivity index (χ3v) is 6.72. The summed E-state index contributed by atoms with van der Waals surface area (Å²) in [6, 6.07) is 4.56. The molecule has 10 heteroatoms. The van der Waals surface area contributed by atoms with E-state index in [1.807, 2.05) is 13.8 Å². The molecule has 2 aromatic heterocycles. The molecular weight excluding hydrogens is 414 g/mol. The molecule has 1 saturated heterocycles. The zero-order valence-corrected chi connectivity index (χ0v) is 17.6. The lowest BCUT2D eigenvalue weighted by Gasteiger charge is -2.36. The van der Waals surface area contributed by atoms with Crippen LogP contribution in [0.1, 0.15) is 16.3 Å². The quantitative estimate of drug-likeness (QED) is 0.500. The van der Waals surface area contributed by atoms with Crippen LogP contribution in [0.4, 0.5) is 11.4 Å². The van der Waals surface area contributed by atoms with Gasteiger partial charge in [0.15, 0.2) is 0 Å². The highest BCUT2D eigenvalue weighted by Gasteiger charge is 2.21. The van der Waals surface area contributed by atoms with Gasteiger partial charge in [-0.3, -0.25) is 19.8 Å². The van der Waals surface area contributed by atoms with Crippen LogP contribution in [0.25, 0.3) is 10.2 Å². The van der Waals surface area contributed by atoms with Crippen molar-refractivity contribution in [1.29, 1.82) is 0 Å². The average molecular weight is 434 g/mol. The largest absolute Gasteiger partial charge is 0.368 e. The van der Waals surface area contributed by atoms with Gasteiger partial charge in [-0.2, -0.15) is 0 Å². The first kappa shape index (κ1) is 19.8. The van der Waals surface area contributed by atoms with Gasteiger partial charge in [0.1, 0.15) is 10.7 Å². The SMILES string of the molecule is Cc1sc2nc(CN3CCN(c4ccc([N+](=O)[O-])cc4Cl)CC3)[nH]c(=O)c2c1C. The van der Waals surface area contributed by atoms with Crippen LogP contribution in [-0.4, -0.2) is 46.0 Å². The Morgan fingerprint density at radius 2 is 2.00 bits per heavy atom. The number of anilines is 1. The Balaban J connectivity index is 1.45. The van der Waals surface area contributed by atoms with Crippen LogP contribution in [0, 0.1) is 24.0 Å². The number of halogens is 1. The van der Waals surface area contributed by atoms with Crippen molar-refractivity contribution in [2.24, 2.45) is 0 Å². The molecule has 152 valence electrons. The first-order valence-electron chi connectivity index (χ1n) is 9.23. The molecule has 0 saturated carbocycles. The minimum atomic E-state index is -0.450. The maximum atomic E-state index is 12.4. The van der Waals surface area contributed by atoms with E-state index in [9.17, 15) is 14.9 Å². The van der Waals surface area contributed by atoms with Gasteiger partial charge in [-0.25, -0.2) is 4.98 Å². The highest BCUT2D eigenvalue weighted by atomic mass is 35.5. The van der Waals surface area contributed by atoms with E-state index < -0.39 is 4.92 Å². The van der Waals surface area contributed by atoms with E-state index in [1.54, 1.807) is 17.4 Å². The molecule has 0 amide bonds. The number of nitrogens with zero attached hydrogens (tertiary/aromatic N) is 4. The topological polar surface area (TPSA) is 95.4 Å². The predicted octanol–water partition coefficient (Wildman–Crippen LogP) is 3.49. The van der Waals surface area contributed by atoms with Gasteiger partial charge < -0.3 is 9.88 Å². The number of nitrogens with one attached hydrogen (secondary N) is 1. The Bertz CT molecular complexity index is 1150. The summed E-state index contributed by atoms with van der Waals surface area (Å²) in [5, 5.41) is 11.9. The molecule has 1 fully saturated rings. The summed E-state index contributed by atoms with van der Waals surface area (Å²) in [5.74, 6) is 0.672. The van der Waals surface area contributed by atoms with E-state index in [-0.39, 0.29) is 11.2 Å². The number of piperazine rings is 1. The van der Waals surface area contributed by atoms with E-state index >= 15 is 0 Å². The minimum absolute atomic E-state index is 0.0122. The van der Waals surface area contributed by atoms with Gasteiger partial charge >= 0.3 is 0 Å². The third-order valence-electron chi connectivity index (χ3n) is 5.32. The summed E-state index contributed by atoms with van der Waals surface area (Å²) in [6.45, 7) is 7.55. The molecule has 1 aliphatic rings. The second-order valence-electron chi connectivity index (χ2n) is 7.13. The first-order chi connectivity index (χ1) is 13.8. The molecule has 0 unspecified atom stereocenters. The second-order valence-corrected chi connectivity index (χ2v) is 8.74.